The molecule has 1 amide bonds. The first-order valence-corrected chi connectivity index (χ1v) is 9.27. The Labute approximate surface area is 148 Å². The lowest BCUT2D eigenvalue weighted by atomic mass is 9.84. The first-order chi connectivity index (χ1) is 11.4. The van der Waals surface area contributed by atoms with E-state index in [1.54, 1.807) is 18.2 Å². The van der Waals surface area contributed by atoms with Crippen molar-refractivity contribution < 1.29 is 27.2 Å². The number of nitrogens with one attached hydrogen (secondary N) is 1. The van der Waals surface area contributed by atoms with Gasteiger partial charge in [-0.1, -0.05) is 6.07 Å². The molecule has 0 aliphatic carbocycles. The second kappa shape index (κ2) is 6.81. The summed E-state index contributed by atoms with van der Waals surface area (Å²) in [6.07, 6.45) is -1.36. The summed E-state index contributed by atoms with van der Waals surface area (Å²) in [7, 11) is -2.97. The van der Waals surface area contributed by atoms with Gasteiger partial charge in [0.15, 0.2) is 0 Å². The summed E-state index contributed by atoms with van der Waals surface area (Å²) in [6, 6.07) is 5.14. The Bertz CT molecular complexity index is 760. The van der Waals surface area contributed by atoms with Gasteiger partial charge in [-0.25, -0.2) is 4.79 Å². The summed E-state index contributed by atoms with van der Waals surface area (Å²) in [5, 5.41) is 2.65. The minimum absolute atomic E-state index is 0.0154. The normalized spacial score (nSPS) is 18.8. The van der Waals surface area contributed by atoms with Crippen molar-refractivity contribution in [2.45, 2.75) is 52.0 Å². The lowest BCUT2D eigenvalue weighted by molar-refractivity contribution is -0.0569. The summed E-state index contributed by atoms with van der Waals surface area (Å²) < 4.78 is 43.3. The minimum atomic E-state index is -4.26. The van der Waals surface area contributed by atoms with Crippen LogP contribution in [-0.4, -0.2) is 42.7 Å². The smallest absolute Gasteiger partial charge is 0.410 e. The maximum absolute atomic E-state index is 11.9. The molecule has 1 aliphatic heterocycles. The fraction of sp³-hybridized carbons (Fsp3) is 0.562. The van der Waals surface area contributed by atoms with Gasteiger partial charge in [0.2, 0.25) is 0 Å². The average molecular weight is 372 g/mol. The van der Waals surface area contributed by atoms with Gasteiger partial charge in [-0.2, -0.15) is 12.7 Å². The van der Waals surface area contributed by atoms with Gasteiger partial charge >= 0.3 is 16.4 Å². The lowest BCUT2D eigenvalue weighted by Crippen LogP contribution is -2.41. The average Bonchev–Trinajstić information content (AvgIpc) is 2.68. The van der Waals surface area contributed by atoms with Crippen LogP contribution in [0, 0.1) is 0 Å². The van der Waals surface area contributed by atoms with Crippen LogP contribution in [0.15, 0.2) is 18.2 Å². The van der Waals surface area contributed by atoms with Crippen molar-refractivity contribution in [3.63, 3.8) is 0 Å². The molecule has 0 saturated heterocycles. The van der Waals surface area contributed by atoms with Gasteiger partial charge in [0.05, 0.1) is 5.41 Å². The van der Waals surface area contributed by atoms with E-state index < -0.39 is 28.1 Å². The zero-order valence-electron chi connectivity index (χ0n) is 14.9. The summed E-state index contributed by atoms with van der Waals surface area (Å²) in [5.74, 6) is 0.575. The maximum atomic E-state index is 11.9. The molecule has 25 heavy (non-hydrogen) atoms. The molecule has 9 heteroatoms. The van der Waals surface area contributed by atoms with E-state index in [0.29, 0.717) is 11.3 Å². The number of benzene rings is 1. The SMILES string of the molecule is CC(C)NC(=O)OC1Oc2ccc(CN(C)S(=O)(=O)O)cc2C1(C)C. The summed E-state index contributed by atoms with van der Waals surface area (Å²) in [6.45, 7) is 7.43. The van der Waals surface area contributed by atoms with E-state index in [-0.39, 0.29) is 12.6 Å². The number of carbonyl (C=O) groups excluding carboxylic acids is 1. The number of hydrogen-bond acceptors (Lipinski definition) is 5. The fourth-order valence-electron chi connectivity index (χ4n) is 2.55. The van der Waals surface area contributed by atoms with Crippen LogP contribution in [0.2, 0.25) is 0 Å². The van der Waals surface area contributed by atoms with Crippen molar-refractivity contribution >= 4 is 16.4 Å². The van der Waals surface area contributed by atoms with Crippen molar-refractivity contribution in [2.24, 2.45) is 0 Å². The molecule has 0 spiro atoms. The molecule has 8 nitrogen and oxygen atoms in total. The van der Waals surface area contributed by atoms with Crippen molar-refractivity contribution in [1.82, 2.24) is 9.62 Å². The van der Waals surface area contributed by atoms with Crippen molar-refractivity contribution in [1.29, 1.82) is 0 Å². The molecule has 1 heterocycles. The molecule has 0 bridgehead atoms. The zero-order valence-corrected chi connectivity index (χ0v) is 15.8. The minimum Gasteiger partial charge on any atom is -0.453 e. The van der Waals surface area contributed by atoms with Crippen LogP contribution < -0.4 is 10.1 Å². The molecule has 0 radical (unpaired) electrons. The molecular formula is C16H24N2O6S. The Balaban J connectivity index is 2.19. The molecule has 1 aliphatic rings. The van der Waals surface area contributed by atoms with Crippen LogP contribution in [0.3, 0.4) is 0 Å². The van der Waals surface area contributed by atoms with Crippen LogP contribution in [0.5, 0.6) is 5.75 Å². The van der Waals surface area contributed by atoms with Gasteiger partial charge in [-0.3, -0.25) is 4.55 Å². The van der Waals surface area contributed by atoms with Crippen LogP contribution in [0.25, 0.3) is 0 Å². The van der Waals surface area contributed by atoms with Gasteiger partial charge in [0.25, 0.3) is 6.29 Å². The van der Waals surface area contributed by atoms with E-state index in [0.717, 1.165) is 9.87 Å². The van der Waals surface area contributed by atoms with Gasteiger partial charge in [0, 0.05) is 25.2 Å². The van der Waals surface area contributed by atoms with E-state index in [4.69, 9.17) is 14.0 Å². The lowest BCUT2D eigenvalue weighted by Gasteiger charge is -2.26. The Hall–Kier alpha value is -1.84. The van der Waals surface area contributed by atoms with E-state index in [1.807, 2.05) is 27.7 Å². The molecule has 2 rings (SSSR count). The molecule has 1 aromatic carbocycles. The fourth-order valence-corrected chi connectivity index (χ4v) is 2.86. The van der Waals surface area contributed by atoms with Crippen LogP contribution >= 0.6 is 0 Å². The number of carbonyl (C=O) groups is 1. The number of nitrogens with zero attached hydrogens (tertiary/aromatic N) is 1. The third-order valence-corrected chi connectivity index (χ3v) is 4.90. The highest BCUT2D eigenvalue weighted by atomic mass is 32.2. The molecule has 1 atom stereocenters. The Morgan fingerprint density at radius 3 is 2.64 bits per heavy atom. The number of alkyl carbamates (subject to hydrolysis) is 1. The van der Waals surface area contributed by atoms with Gasteiger partial charge in [0.1, 0.15) is 5.75 Å². The first-order valence-electron chi connectivity index (χ1n) is 7.87. The largest absolute Gasteiger partial charge is 0.453 e. The quantitative estimate of drug-likeness (QED) is 0.767. The monoisotopic (exact) mass is 372 g/mol. The van der Waals surface area contributed by atoms with E-state index >= 15 is 0 Å². The third kappa shape index (κ3) is 4.42. The standard InChI is InChI=1S/C16H24N2O6S/c1-10(2)17-15(19)24-14-16(3,4)12-8-11(6-7-13(12)23-14)9-18(5)25(20,21)22/h6-8,10,14H,9H2,1-5H3,(H,17,19)(H,20,21,22). The summed E-state index contributed by atoms with van der Waals surface area (Å²) in [4.78, 5) is 11.9. The van der Waals surface area contributed by atoms with Crippen LogP contribution in [-0.2, 0) is 27.0 Å². The van der Waals surface area contributed by atoms with Crippen LogP contribution in [0.4, 0.5) is 4.79 Å². The molecule has 0 saturated carbocycles. The first kappa shape index (κ1) is 19.5. The maximum Gasteiger partial charge on any atom is 0.410 e. The highest BCUT2D eigenvalue weighted by molar-refractivity contribution is 7.83. The van der Waals surface area contributed by atoms with Gasteiger partial charge in [-0.05, 0) is 45.4 Å². The Morgan fingerprint density at radius 2 is 2.08 bits per heavy atom. The molecule has 1 unspecified atom stereocenters. The van der Waals surface area contributed by atoms with Gasteiger partial charge < -0.3 is 14.8 Å². The molecular weight excluding hydrogens is 348 g/mol. The second-order valence-electron chi connectivity index (χ2n) is 6.94. The van der Waals surface area contributed by atoms with Crippen molar-refractivity contribution in [2.75, 3.05) is 7.05 Å². The van der Waals surface area contributed by atoms with Crippen LogP contribution in [0.1, 0.15) is 38.8 Å². The zero-order chi connectivity index (χ0) is 19.0. The van der Waals surface area contributed by atoms with Crippen molar-refractivity contribution in [3.8, 4) is 5.75 Å². The topological polar surface area (TPSA) is 105 Å². The predicted octanol–water partition coefficient (Wildman–Crippen LogP) is 2.05. The third-order valence-electron chi connectivity index (χ3n) is 3.98. The number of rotatable bonds is 5. The predicted molar refractivity (Wildman–Crippen MR) is 91.7 cm³/mol. The molecule has 0 fully saturated rings. The highest BCUT2D eigenvalue weighted by Gasteiger charge is 2.44. The molecule has 1 aromatic rings. The van der Waals surface area contributed by atoms with E-state index in [2.05, 4.69) is 5.32 Å². The van der Waals surface area contributed by atoms with Crippen molar-refractivity contribution in [3.05, 3.63) is 29.3 Å². The number of fused-ring (bicyclic) bond motifs is 1. The molecule has 2 N–H and O–H groups in total. The molecule has 140 valence electrons. The summed E-state index contributed by atoms with van der Waals surface area (Å²) in [5.41, 5.74) is 0.870. The van der Waals surface area contributed by atoms with Gasteiger partial charge in [-0.15, -0.1) is 0 Å². The molecule has 0 aromatic heterocycles. The number of ether oxygens (including phenoxy) is 2. The second-order valence-corrected chi connectivity index (χ2v) is 8.46. The Morgan fingerprint density at radius 1 is 1.44 bits per heavy atom. The Kier molecular flexibility index (Phi) is 5.31. The van der Waals surface area contributed by atoms with E-state index in [1.165, 1.54) is 7.05 Å². The highest BCUT2D eigenvalue weighted by Crippen LogP contribution is 2.43. The summed E-state index contributed by atoms with van der Waals surface area (Å²) >= 11 is 0. The van der Waals surface area contributed by atoms with E-state index in [9.17, 15) is 13.2 Å². The number of amides is 1. The number of hydrogen-bond donors (Lipinski definition) is 2.